The molecule has 3 aromatic carbocycles. The van der Waals surface area contributed by atoms with Gasteiger partial charge < -0.3 is 29.6 Å². The summed E-state index contributed by atoms with van der Waals surface area (Å²) in [4.78, 5) is 20.0. The summed E-state index contributed by atoms with van der Waals surface area (Å²) in [7, 11) is 1.56. The summed E-state index contributed by atoms with van der Waals surface area (Å²) in [6, 6.07) is 21.0. The molecule has 1 fully saturated rings. The van der Waals surface area contributed by atoms with Crippen molar-refractivity contribution in [2.24, 2.45) is 0 Å². The van der Waals surface area contributed by atoms with E-state index >= 15 is 0 Å². The number of ether oxygens (including phenoxy) is 2. The van der Waals surface area contributed by atoms with E-state index in [1.165, 1.54) is 16.5 Å². The number of methoxy groups -OCH3 is 1. The fourth-order valence-electron chi connectivity index (χ4n) is 6.00. The molecule has 7 rings (SSSR count). The monoisotopic (exact) mass is 541 g/mol. The lowest BCUT2D eigenvalue weighted by Crippen LogP contribution is -2.60. The number of nitrogens with zero attached hydrogens (tertiary/aromatic N) is 2. The lowest BCUT2D eigenvalue weighted by Gasteiger charge is -2.48. The number of ketones is 1. The van der Waals surface area contributed by atoms with Crippen LogP contribution in [0.4, 0.5) is 5.69 Å². The average molecular weight is 542 g/mol. The van der Waals surface area contributed by atoms with Gasteiger partial charge in [-0.3, -0.25) is 9.69 Å². The van der Waals surface area contributed by atoms with Gasteiger partial charge in [-0.05, 0) is 41.8 Å². The van der Waals surface area contributed by atoms with Crippen molar-refractivity contribution in [3.8, 4) is 11.5 Å². The normalized spacial score (nSPS) is 20.8. The third-order valence-corrected chi connectivity index (χ3v) is 8.09. The molecule has 4 aromatic rings. The number of benzene rings is 3. The van der Waals surface area contributed by atoms with E-state index in [9.17, 15) is 15.0 Å². The maximum absolute atomic E-state index is 12.0. The highest BCUT2D eigenvalue weighted by Gasteiger charge is 2.35. The Morgan fingerprint density at radius 1 is 1.02 bits per heavy atom. The molecule has 0 radical (unpaired) electrons. The molecular formula is C32H35N3O5. The number of anilines is 1. The first-order valence-electron chi connectivity index (χ1n) is 13.8. The van der Waals surface area contributed by atoms with Crippen molar-refractivity contribution in [1.82, 2.24) is 9.88 Å². The number of piperazine rings is 1. The summed E-state index contributed by atoms with van der Waals surface area (Å²) in [5.41, 5.74) is 2.22. The average Bonchev–Trinajstić information content (AvgIpc) is 3.40. The van der Waals surface area contributed by atoms with Crippen molar-refractivity contribution in [3.63, 3.8) is 0 Å². The van der Waals surface area contributed by atoms with E-state index in [0.717, 1.165) is 25.9 Å². The largest absolute Gasteiger partial charge is 0.497 e. The molecular weight excluding hydrogens is 506 g/mol. The van der Waals surface area contributed by atoms with Gasteiger partial charge in [0, 0.05) is 54.9 Å². The third kappa shape index (κ3) is 5.30. The minimum Gasteiger partial charge on any atom is -0.497 e. The number of aromatic nitrogens is 1. The molecule has 3 N–H and O–H groups in total. The predicted octanol–water partition coefficient (Wildman–Crippen LogP) is 4.15. The lowest BCUT2D eigenvalue weighted by molar-refractivity contribution is 0.0408. The Morgan fingerprint density at radius 3 is 2.62 bits per heavy atom. The molecule has 3 atom stereocenters. The maximum atomic E-state index is 12.0. The van der Waals surface area contributed by atoms with Gasteiger partial charge in [0.1, 0.15) is 30.8 Å². The van der Waals surface area contributed by atoms with Gasteiger partial charge in [-0.25, -0.2) is 0 Å². The van der Waals surface area contributed by atoms with Crippen LogP contribution in [0, 0.1) is 0 Å². The molecule has 4 heterocycles. The van der Waals surface area contributed by atoms with E-state index in [1.807, 2.05) is 0 Å². The molecule has 3 aliphatic heterocycles. The summed E-state index contributed by atoms with van der Waals surface area (Å²) >= 11 is 0. The third-order valence-electron chi connectivity index (χ3n) is 8.09. The molecule has 0 aliphatic carbocycles. The molecule has 40 heavy (non-hydrogen) atoms. The smallest absolute Gasteiger partial charge is 0.204 e. The molecule has 8 heteroatoms. The lowest BCUT2D eigenvalue weighted by atomic mass is 9.96. The number of H-pyrrole nitrogens is 1. The van der Waals surface area contributed by atoms with Crippen LogP contribution in [0.5, 0.6) is 11.5 Å². The van der Waals surface area contributed by atoms with E-state index in [2.05, 4.69) is 69.4 Å². The van der Waals surface area contributed by atoms with Crippen molar-refractivity contribution in [2.75, 3.05) is 44.9 Å². The van der Waals surface area contributed by atoms with Crippen LogP contribution in [0.3, 0.4) is 0 Å². The van der Waals surface area contributed by atoms with E-state index in [0.29, 0.717) is 40.7 Å². The fraction of sp³-hybridized carbons (Fsp3) is 0.344. The Bertz CT molecular complexity index is 1550. The van der Waals surface area contributed by atoms with Crippen LogP contribution in [0.15, 0.2) is 72.8 Å². The van der Waals surface area contributed by atoms with Crippen LogP contribution >= 0.6 is 0 Å². The van der Waals surface area contributed by atoms with Crippen LogP contribution in [-0.4, -0.2) is 84.0 Å². The Kier molecular flexibility index (Phi) is 7.47. The van der Waals surface area contributed by atoms with E-state index in [-0.39, 0.29) is 12.6 Å². The standard InChI is InChI=1S/C32H35N3O5/c1-39-27-13-29-28(15-30(33-29)31(38)19-36)32(14-27)40-20-26(37)18-34-16-25-9-5-4-8-24(34)17-35(25)23-11-10-21-6-2-3-7-22(21)12-23/h2-7,10-15,24-26,33,36-37H,8-9,16-20H2,1H3/b5-4-/t24-,25-,26-/m0/s1. The summed E-state index contributed by atoms with van der Waals surface area (Å²) in [6.45, 7) is 1.81. The number of aliphatic hydroxyl groups excluding tert-OH is 2. The van der Waals surface area contributed by atoms with Gasteiger partial charge in [-0.15, -0.1) is 0 Å². The van der Waals surface area contributed by atoms with Crippen LogP contribution in [-0.2, 0) is 0 Å². The van der Waals surface area contributed by atoms with Crippen molar-refractivity contribution in [2.45, 2.75) is 31.0 Å². The molecule has 2 bridgehead atoms. The Hall–Kier alpha value is -3.85. The second kappa shape index (κ2) is 11.3. The maximum Gasteiger partial charge on any atom is 0.204 e. The number of nitrogens with one attached hydrogen (secondary N) is 1. The van der Waals surface area contributed by atoms with Crippen LogP contribution in [0.2, 0.25) is 0 Å². The zero-order valence-electron chi connectivity index (χ0n) is 22.6. The molecule has 1 aromatic heterocycles. The van der Waals surface area contributed by atoms with Crippen LogP contribution < -0.4 is 14.4 Å². The first-order chi connectivity index (χ1) is 19.5. The molecule has 0 amide bonds. The highest BCUT2D eigenvalue weighted by Crippen LogP contribution is 2.33. The zero-order chi connectivity index (χ0) is 27.6. The minimum absolute atomic E-state index is 0.106. The number of hydrogen-bond donors (Lipinski definition) is 3. The van der Waals surface area contributed by atoms with Crippen molar-refractivity contribution < 1.29 is 24.5 Å². The van der Waals surface area contributed by atoms with Gasteiger partial charge in [0.2, 0.25) is 5.78 Å². The first kappa shape index (κ1) is 26.4. The number of fused-ring (bicyclic) bond motifs is 6. The van der Waals surface area contributed by atoms with Crippen molar-refractivity contribution >= 4 is 33.1 Å². The fourth-order valence-corrected chi connectivity index (χ4v) is 6.00. The van der Waals surface area contributed by atoms with E-state index in [1.54, 1.807) is 25.3 Å². The number of rotatable bonds is 9. The summed E-state index contributed by atoms with van der Waals surface area (Å²) in [5.74, 6) is 0.685. The van der Waals surface area contributed by atoms with Crippen molar-refractivity contribution in [1.29, 1.82) is 0 Å². The quantitative estimate of drug-likeness (QED) is 0.216. The molecule has 0 spiro atoms. The van der Waals surface area contributed by atoms with Crippen LogP contribution in [0.1, 0.15) is 23.3 Å². The predicted molar refractivity (Wildman–Crippen MR) is 157 cm³/mol. The molecule has 0 saturated carbocycles. The first-order valence-corrected chi connectivity index (χ1v) is 13.8. The summed E-state index contributed by atoms with van der Waals surface area (Å²) in [5, 5.41) is 23.5. The molecule has 0 unspecified atom stereocenters. The van der Waals surface area contributed by atoms with Crippen LogP contribution in [0.25, 0.3) is 21.7 Å². The second-order valence-electron chi connectivity index (χ2n) is 10.7. The van der Waals surface area contributed by atoms with Gasteiger partial charge in [-0.2, -0.15) is 0 Å². The number of aromatic amines is 1. The number of hydrogen-bond acceptors (Lipinski definition) is 7. The number of carbonyl (C=O) groups is 1. The van der Waals surface area contributed by atoms with Gasteiger partial charge >= 0.3 is 0 Å². The van der Waals surface area contributed by atoms with E-state index < -0.39 is 18.5 Å². The minimum atomic E-state index is -0.697. The highest BCUT2D eigenvalue weighted by atomic mass is 16.5. The summed E-state index contributed by atoms with van der Waals surface area (Å²) < 4.78 is 11.5. The number of aliphatic hydroxyl groups is 2. The molecule has 8 nitrogen and oxygen atoms in total. The van der Waals surface area contributed by atoms with Crippen molar-refractivity contribution in [3.05, 3.63) is 78.5 Å². The Labute approximate surface area is 233 Å². The molecule has 208 valence electrons. The van der Waals surface area contributed by atoms with Gasteiger partial charge in [0.05, 0.1) is 18.3 Å². The van der Waals surface area contributed by atoms with Gasteiger partial charge in [0.25, 0.3) is 0 Å². The topological polar surface area (TPSA) is 98.3 Å². The Morgan fingerprint density at radius 2 is 1.82 bits per heavy atom. The number of carbonyl (C=O) groups excluding carboxylic acids is 1. The van der Waals surface area contributed by atoms with Gasteiger partial charge in [-0.1, -0.05) is 42.5 Å². The van der Waals surface area contributed by atoms with E-state index in [4.69, 9.17) is 9.47 Å². The zero-order valence-corrected chi connectivity index (χ0v) is 22.6. The van der Waals surface area contributed by atoms with Gasteiger partial charge in [0.15, 0.2) is 0 Å². The number of Topliss-reactive ketones (excluding diaryl/α,β-unsaturated/α-hetero) is 1. The Balaban J connectivity index is 1.15. The highest BCUT2D eigenvalue weighted by molar-refractivity contribution is 6.01. The SMILES string of the molecule is COc1cc(OC[C@@H](O)CN2C[C@@H]3C/C=C\C[C@H]2CN3c2ccc3ccccc3c2)c2cc(C(=O)CO)[nH]c2c1. The summed E-state index contributed by atoms with van der Waals surface area (Å²) in [6.07, 6.45) is 5.77. The molecule has 3 aliphatic rings. The molecule has 1 saturated heterocycles. The second-order valence-corrected chi connectivity index (χ2v) is 10.7.